The van der Waals surface area contributed by atoms with Gasteiger partial charge in [-0.2, -0.15) is 0 Å². The molecule has 0 aromatic rings. The number of carbonyl (C=O) groups is 4. The van der Waals surface area contributed by atoms with Crippen LogP contribution in [-0.2, 0) is 38.1 Å². The number of rotatable bonds is 4. The second kappa shape index (κ2) is 11.6. The fourth-order valence-electron chi connectivity index (χ4n) is 6.18. The number of terminal acetylenes is 2. The van der Waals surface area contributed by atoms with Crippen molar-refractivity contribution in [3.8, 4) is 24.7 Å². The molecule has 0 aromatic heterocycles. The van der Waals surface area contributed by atoms with Crippen LogP contribution in [0.25, 0.3) is 0 Å². The van der Waals surface area contributed by atoms with Crippen LogP contribution in [-0.4, -0.2) is 121 Å². The average molecular weight is 601 g/mol. The molecular weight excluding hydrogens is 568 g/mol. The predicted molar refractivity (Wildman–Crippen MR) is 141 cm³/mol. The third kappa shape index (κ3) is 5.10. The van der Waals surface area contributed by atoms with Gasteiger partial charge in [0.05, 0.1) is 26.1 Å². The summed E-state index contributed by atoms with van der Waals surface area (Å²) in [6.45, 7) is -0.860. The second-order valence-electron chi connectivity index (χ2n) is 11.0. The molecule has 0 unspecified atom stereocenters. The minimum atomic E-state index is -2.15. The molecule has 8 atom stereocenters. The molecule has 1 spiro atoms. The first-order chi connectivity index (χ1) is 20.5. The summed E-state index contributed by atoms with van der Waals surface area (Å²) in [6, 6.07) is 0. The third-order valence-electron chi connectivity index (χ3n) is 8.37. The topological polar surface area (TPSA) is 193 Å². The minimum absolute atomic E-state index is 0.239. The van der Waals surface area contributed by atoms with Crippen LogP contribution in [0.3, 0.4) is 0 Å². The molecule has 230 valence electrons. The van der Waals surface area contributed by atoms with Gasteiger partial charge in [0, 0.05) is 25.2 Å². The van der Waals surface area contributed by atoms with E-state index in [4.69, 9.17) is 36.9 Å². The van der Waals surface area contributed by atoms with Crippen LogP contribution in [0.4, 0.5) is 0 Å². The van der Waals surface area contributed by atoms with Crippen LogP contribution in [0.1, 0.15) is 38.5 Å². The molecule has 0 radical (unpaired) electrons. The summed E-state index contributed by atoms with van der Waals surface area (Å²) >= 11 is 0. The molecule has 1 aliphatic carbocycles. The van der Waals surface area contributed by atoms with Crippen molar-refractivity contribution in [1.29, 1.82) is 0 Å². The van der Waals surface area contributed by atoms with Gasteiger partial charge in [0.25, 0.3) is 0 Å². The van der Waals surface area contributed by atoms with Crippen molar-refractivity contribution in [3.63, 3.8) is 0 Å². The number of ketones is 2. The van der Waals surface area contributed by atoms with E-state index in [2.05, 4.69) is 5.92 Å². The van der Waals surface area contributed by atoms with E-state index in [1.165, 1.54) is 17.2 Å². The minimum Gasteiger partial charge on any atom is -0.394 e. The van der Waals surface area contributed by atoms with Crippen LogP contribution < -0.4 is 0 Å². The largest absolute Gasteiger partial charge is 0.394 e. The van der Waals surface area contributed by atoms with Gasteiger partial charge in [-0.1, -0.05) is 11.8 Å². The fourth-order valence-corrected chi connectivity index (χ4v) is 6.18. The maximum absolute atomic E-state index is 12.3. The molecule has 6 rings (SSSR count). The van der Waals surface area contributed by atoms with E-state index in [-0.39, 0.29) is 31.0 Å². The summed E-state index contributed by atoms with van der Waals surface area (Å²) < 4.78 is 23.4. The van der Waals surface area contributed by atoms with E-state index in [1.807, 2.05) is 5.92 Å². The molecule has 14 heteroatoms. The Hall–Kier alpha value is -3.44. The highest BCUT2D eigenvalue weighted by atomic mass is 16.8. The summed E-state index contributed by atoms with van der Waals surface area (Å²) in [5.74, 6) is 2.21. The SMILES string of the molecule is C#C[C@@]1(O)[C@H](O)[C@@H](CO)O[C@H]1N1C=CC(=O)CC1=O.C#C[C@@]12OC3(CCCC3)O[C@@H]1[C@@H](CO)O[C@H]2N1C=CC(=O)CC1=O. The molecule has 0 aromatic carbocycles. The molecule has 43 heavy (non-hydrogen) atoms. The zero-order valence-electron chi connectivity index (χ0n) is 23.0. The number of aliphatic hydroxyl groups excluding tert-OH is 3. The van der Waals surface area contributed by atoms with Gasteiger partial charge in [0.15, 0.2) is 35.4 Å². The van der Waals surface area contributed by atoms with Gasteiger partial charge < -0.3 is 39.4 Å². The maximum atomic E-state index is 12.3. The van der Waals surface area contributed by atoms with Crippen LogP contribution in [0.5, 0.6) is 0 Å². The van der Waals surface area contributed by atoms with E-state index in [1.54, 1.807) is 0 Å². The number of nitrogens with zero attached hydrogens (tertiary/aromatic N) is 2. The Morgan fingerprint density at radius 3 is 1.88 bits per heavy atom. The summed E-state index contributed by atoms with van der Waals surface area (Å²) in [7, 11) is 0. The second-order valence-corrected chi connectivity index (χ2v) is 11.0. The third-order valence-corrected chi connectivity index (χ3v) is 8.37. The molecule has 14 nitrogen and oxygen atoms in total. The molecular formula is C29H32N2O12. The number of ether oxygens (including phenoxy) is 4. The Bertz CT molecular complexity index is 1330. The first-order valence-electron chi connectivity index (χ1n) is 13.8. The zero-order chi connectivity index (χ0) is 31.2. The highest BCUT2D eigenvalue weighted by Crippen LogP contribution is 2.53. The van der Waals surface area contributed by atoms with Gasteiger partial charge in [-0.15, -0.1) is 12.8 Å². The van der Waals surface area contributed by atoms with Crippen LogP contribution >= 0.6 is 0 Å². The molecule has 5 aliphatic heterocycles. The molecule has 3 saturated heterocycles. The van der Waals surface area contributed by atoms with Crippen LogP contribution in [0.2, 0.25) is 0 Å². The lowest BCUT2D eigenvalue weighted by molar-refractivity contribution is -0.230. The molecule has 2 amide bonds. The number of fused-ring (bicyclic) bond motifs is 1. The lowest BCUT2D eigenvalue weighted by Gasteiger charge is -2.36. The highest BCUT2D eigenvalue weighted by Gasteiger charge is 2.69. The van der Waals surface area contributed by atoms with Crippen molar-refractivity contribution < 1.29 is 58.6 Å². The number of hydrogen-bond acceptors (Lipinski definition) is 12. The van der Waals surface area contributed by atoms with Crippen LogP contribution in [0.15, 0.2) is 24.6 Å². The van der Waals surface area contributed by atoms with Crippen molar-refractivity contribution in [3.05, 3.63) is 24.6 Å². The molecule has 6 aliphatic rings. The Balaban J connectivity index is 0.000000177. The van der Waals surface area contributed by atoms with E-state index < -0.39 is 72.3 Å². The van der Waals surface area contributed by atoms with Gasteiger partial charge in [0.1, 0.15) is 24.4 Å². The van der Waals surface area contributed by atoms with Crippen molar-refractivity contribution >= 4 is 23.4 Å². The first kappa shape index (κ1) is 31.0. The molecule has 4 N–H and O–H groups in total. The number of aliphatic hydroxyl groups is 4. The smallest absolute Gasteiger partial charge is 0.236 e. The normalized spacial score (nSPS) is 39.6. The van der Waals surface area contributed by atoms with Crippen molar-refractivity contribution in [2.75, 3.05) is 13.2 Å². The van der Waals surface area contributed by atoms with Gasteiger partial charge in [-0.3, -0.25) is 29.0 Å². The summed E-state index contributed by atoms with van der Waals surface area (Å²) in [4.78, 5) is 48.8. The van der Waals surface area contributed by atoms with E-state index in [0.29, 0.717) is 0 Å². The maximum Gasteiger partial charge on any atom is 0.236 e. The van der Waals surface area contributed by atoms with Crippen molar-refractivity contribution in [2.45, 2.75) is 92.4 Å². The monoisotopic (exact) mass is 600 g/mol. The molecule has 0 bridgehead atoms. The van der Waals surface area contributed by atoms with Crippen molar-refractivity contribution in [1.82, 2.24) is 9.80 Å². The Morgan fingerprint density at radius 2 is 1.40 bits per heavy atom. The Labute approximate surface area is 246 Å². The predicted octanol–water partition coefficient (Wildman–Crippen LogP) is -2.18. The molecule has 4 fully saturated rings. The van der Waals surface area contributed by atoms with E-state index in [0.717, 1.165) is 42.9 Å². The number of hydrogen-bond donors (Lipinski definition) is 4. The molecule has 5 heterocycles. The van der Waals surface area contributed by atoms with Gasteiger partial charge in [-0.05, 0) is 25.0 Å². The molecule has 1 saturated carbocycles. The average Bonchev–Trinajstić information content (AvgIpc) is 3.72. The standard InChI is InChI=1S/C17H19NO6.C12H13NO6/c1-2-17-14(23-16(24-17)6-3-4-7-16)12(10-19)22-15(17)18-8-5-11(20)9-13(18)21;1-2-12(18)10(17)8(6-14)19-11(12)13-4-3-7(15)5-9(13)16/h1,5,8,12,14-15,19H,3-4,6-7,9-10H2;1,3-4,8,10-11,14,17-18H,5-6H2/t12-,14-,15-,17-;8-,10-,11-,12-/m11/s1. The van der Waals surface area contributed by atoms with E-state index >= 15 is 0 Å². The Morgan fingerprint density at radius 1 is 0.860 bits per heavy atom. The first-order valence-corrected chi connectivity index (χ1v) is 13.8. The quantitative estimate of drug-likeness (QED) is 0.202. The summed E-state index contributed by atoms with van der Waals surface area (Å²) in [5, 5.41) is 38.8. The lowest BCUT2D eigenvalue weighted by atomic mass is 9.94. The van der Waals surface area contributed by atoms with E-state index in [9.17, 15) is 34.5 Å². The lowest BCUT2D eigenvalue weighted by Crippen LogP contribution is -2.55. The number of allylic oxidation sites excluding steroid dienone is 2. The zero-order valence-corrected chi connectivity index (χ0v) is 23.0. The highest BCUT2D eigenvalue weighted by molar-refractivity contribution is 6.07. The summed E-state index contributed by atoms with van der Waals surface area (Å²) in [5.41, 5.74) is -3.44. The van der Waals surface area contributed by atoms with Gasteiger partial charge >= 0.3 is 0 Å². The van der Waals surface area contributed by atoms with Crippen molar-refractivity contribution in [2.24, 2.45) is 0 Å². The van der Waals surface area contributed by atoms with Crippen LogP contribution in [0, 0.1) is 24.7 Å². The summed E-state index contributed by atoms with van der Waals surface area (Å²) in [6.07, 6.45) is 12.5. The van der Waals surface area contributed by atoms with Gasteiger partial charge in [0.2, 0.25) is 17.4 Å². The Kier molecular flexibility index (Phi) is 8.34. The van der Waals surface area contributed by atoms with Gasteiger partial charge in [-0.25, -0.2) is 0 Å². The number of amides is 2. The number of carbonyl (C=O) groups excluding carboxylic acids is 4. The fraction of sp³-hybridized carbons (Fsp3) is 0.586.